The molecule has 27 heavy (non-hydrogen) atoms. The minimum absolute atomic E-state index is 0.0392. The highest BCUT2D eigenvalue weighted by Gasteiger charge is 2.33. The van der Waals surface area contributed by atoms with E-state index in [-0.39, 0.29) is 24.5 Å². The van der Waals surface area contributed by atoms with E-state index in [4.69, 9.17) is 11.6 Å². The van der Waals surface area contributed by atoms with Gasteiger partial charge in [0.25, 0.3) is 0 Å². The topological polar surface area (TPSA) is 56.7 Å². The van der Waals surface area contributed by atoms with Crippen LogP contribution < -0.4 is 0 Å². The Morgan fingerprint density at radius 2 is 1.96 bits per heavy atom. The summed E-state index contributed by atoms with van der Waals surface area (Å²) in [6, 6.07) is 9.59. The monoisotopic (exact) mass is 385 g/mol. The van der Waals surface area contributed by atoms with E-state index in [1.165, 1.54) is 11.1 Å². The van der Waals surface area contributed by atoms with Gasteiger partial charge in [0.05, 0.1) is 12.6 Å². The quantitative estimate of drug-likeness (QED) is 0.877. The zero-order chi connectivity index (χ0) is 18.8. The SMILES string of the molecule is O=C(C1Cc2ccncc2C1)N1CCN(C(CO)c2cccc(Cl)c2)CC1. The number of piperazine rings is 1. The molecule has 2 unspecified atom stereocenters. The predicted molar refractivity (Wildman–Crippen MR) is 105 cm³/mol. The average Bonchev–Trinajstić information content (AvgIpc) is 3.13. The van der Waals surface area contributed by atoms with Crippen LogP contribution in [0.25, 0.3) is 0 Å². The summed E-state index contributed by atoms with van der Waals surface area (Å²) in [7, 11) is 0. The van der Waals surface area contributed by atoms with Crippen molar-refractivity contribution in [3.63, 3.8) is 0 Å². The van der Waals surface area contributed by atoms with Crippen molar-refractivity contribution in [1.82, 2.24) is 14.8 Å². The number of fused-ring (bicyclic) bond motifs is 1. The van der Waals surface area contributed by atoms with Crippen LogP contribution in [0.2, 0.25) is 5.02 Å². The van der Waals surface area contributed by atoms with Crippen LogP contribution in [0.1, 0.15) is 22.7 Å². The van der Waals surface area contributed by atoms with E-state index in [2.05, 4.69) is 9.88 Å². The molecule has 6 heteroatoms. The highest BCUT2D eigenvalue weighted by atomic mass is 35.5. The molecule has 1 saturated heterocycles. The van der Waals surface area contributed by atoms with Crippen molar-refractivity contribution in [3.8, 4) is 0 Å². The molecular weight excluding hydrogens is 362 g/mol. The Balaban J connectivity index is 1.37. The number of halogens is 1. The first-order chi connectivity index (χ1) is 13.2. The zero-order valence-corrected chi connectivity index (χ0v) is 16.0. The fraction of sp³-hybridized carbons (Fsp3) is 0.429. The number of rotatable bonds is 4. The molecule has 1 aliphatic carbocycles. The summed E-state index contributed by atoms with van der Waals surface area (Å²) in [6.45, 7) is 2.94. The lowest BCUT2D eigenvalue weighted by atomic mass is 10.0. The van der Waals surface area contributed by atoms with Crippen LogP contribution in [0.4, 0.5) is 0 Å². The fourth-order valence-corrected chi connectivity index (χ4v) is 4.47. The molecule has 142 valence electrons. The van der Waals surface area contributed by atoms with Gasteiger partial charge in [0, 0.05) is 49.5 Å². The van der Waals surface area contributed by atoms with Gasteiger partial charge in [0.2, 0.25) is 5.91 Å². The normalized spacial score (nSPS) is 21.1. The van der Waals surface area contributed by atoms with Crippen LogP contribution in [0.5, 0.6) is 0 Å². The van der Waals surface area contributed by atoms with Crippen molar-refractivity contribution < 1.29 is 9.90 Å². The predicted octanol–water partition coefficient (Wildman–Crippen LogP) is 2.33. The van der Waals surface area contributed by atoms with Crippen LogP contribution >= 0.6 is 11.6 Å². The van der Waals surface area contributed by atoms with Crippen molar-refractivity contribution in [2.24, 2.45) is 5.92 Å². The summed E-state index contributed by atoms with van der Waals surface area (Å²) < 4.78 is 0. The van der Waals surface area contributed by atoms with Gasteiger partial charge >= 0.3 is 0 Å². The number of amides is 1. The number of aliphatic hydroxyl groups is 1. The Bertz CT molecular complexity index is 796. The molecule has 2 heterocycles. The molecule has 1 fully saturated rings. The van der Waals surface area contributed by atoms with Crippen molar-refractivity contribution >= 4 is 17.5 Å². The maximum absolute atomic E-state index is 12.9. The number of benzene rings is 1. The lowest BCUT2D eigenvalue weighted by Crippen LogP contribution is -2.51. The van der Waals surface area contributed by atoms with E-state index in [1.807, 2.05) is 41.4 Å². The fourth-order valence-electron chi connectivity index (χ4n) is 4.27. The molecule has 0 radical (unpaired) electrons. The second kappa shape index (κ2) is 7.97. The Labute approximate surface area is 164 Å². The van der Waals surface area contributed by atoms with Crippen LogP contribution in [0, 0.1) is 5.92 Å². The number of hydrogen-bond acceptors (Lipinski definition) is 4. The van der Waals surface area contributed by atoms with E-state index >= 15 is 0 Å². The Hall–Kier alpha value is -1.95. The highest BCUT2D eigenvalue weighted by Crippen LogP contribution is 2.29. The lowest BCUT2D eigenvalue weighted by molar-refractivity contribution is -0.137. The number of carbonyl (C=O) groups excluding carboxylic acids is 1. The van der Waals surface area contributed by atoms with Crippen molar-refractivity contribution in [2.75, 3.05) is 32.8 Å². The third-order valence-corrected chi connectivity index (χ3v) is 5.99. The lowest BCUT2D eigenvalue weighted by Gasteiger charge is -2.39. The largest absolute Gasteiger partial charge is 0.394 e. The number of aromatic nitrogens is 1. The Morgan fingerprint density at radius 3 is 2.67 bits per heavy atom. The molecule has 0 saturated carbocycles. The molecule has 0 spiro atoms. The second-order valence-corrected chi connectivity index (χ2v) is 7.80. The van der Waals surface area contributed by atoms with E-state index in [9.17, 15) is 9.90 Å². The maximum atomic E-state index is 12.9. The minimum Gasteiger partial charge on any atom is -0.394 e. The summed E-state index contributed by atoms with van der Waals surface area (Å²) in [5.41, 5.74) is 3.47. The number of pyridine rings is 1. The van der Waals surface area contributed by atoms with E-state index in [0.717, 1.165) is 31.5 Å². The van der Waals surface area contributed by atoms with Crippen molar-refractivity contribution in [1.29, 1.82) is 0 Å². The third kappa shape index (κ3) is 3.86. The van der Waals surface area contributed by atoms with Crippen molar-refractivity contribution in [2.45, 2.75) is 18.9 Å². The first-order valence-electron chi connectivity index (χ1n) is 9.46. The van der Waals surface area contributed by atoms with Gasteiger partial charge in [-0.25, -0.2) is 0 Å². The highest BCUT2D eigenvalue weighted by molar-refractivity contribution is 6.30. The van der Waals surface area contributed by atoms with Crippen LogP contribution in [-0.4, -0.2) is 58.6 Å². The molecule has 2 aliphatic rings. The summed E-state index contributed by atoms with van der Waals surface area (Å²) in [5, 5.41) is 10.6. The number of carbonyl (C=O) groups is 1. The van der Waals surface area contributed by atoms with Crippen LogP contribution in [0.3, 0.4) is 0 Å². The van der Waals surface area contributed by atoms with Gasteiger partial charge in [0.1, 0.15) is 0 Å². The Morgan fingerprint density at radius 1 is 1.19 bits per heavy atom. The van der Waals surface area contributed by atoms with Crippen LogP contribution in [-0.2, 0) is 17.6 Å². The molecule has 1 amide bonds. The molecule has 1 aromatic heterocycles. The van der Waals surface area contributed by atoms with Gasteiger partial charge in [-0.3, -0.25) is 14.7 Å². The summed E-state index contributed by atoms with van der Waals surface area (Å²) in [5.74, 6) is 0.284. The molecule has 2 atom stereocenters. The van der Waals surface area contributed by atoms with Crippen LogP contribution in [0.15, 0.2) is 42.7 Å². The van der Waals surface area contributed by atoms with E-state index < -0.39 is 0 Å². The van der Waals surface area contributed by atoms with Crippen molar-refractivity contribution in [3.05, 3.63) is 64.4 Å². The average molecular weight is 386 g/mol. The molecule has 0 bridgehead atoms. The van der Waals surface area contributed by atoms with Gasteiger partial charge in [0.15, 0.2) is 0 Å². The van der Waals surface area contributed by atoms with Gasteiger partial charge in [-0.2, -0.15) is 0 Å². The molecule has 2 aromatic rings. The number of nitrogens with zero attached hydrogens (tertiary/aromatic N) is 3. The molecule has 1 aliphatic heterocycles. The van der Waals surface area contributed by atoms with E-state index in [0.29, 0.717) is 18.1 Å². The maximum Gasteiger partial charge on any atom is 0.226 e. The molecule has 4 rings (SSSR count). The van der Waals surface area contributed by atoms with Gasteiger partial charge < -0.3 is 10.0 Å². The van der Waals surface area contributed by atoms with Gasteiger partial charge in [-0.1, -0.05) is 23.7 Å². The first-order valence-corrected chi connectivity index (χ1v) is 9.84. The smallest absolute Gasteiger partial charge is 0.226 e. The van der Waals surface area contributed by atoms with E-state index in [1.54, 1.807) is 6.20 Å². The van der Waals surface area contributed by atoms with Gasteiger partial charge in [-0.15, -0.1) is 0 Å². The summed E-state index contributed by atoms with van der Waals surface area (Å²) in [6.07, 6.45) is 5.30. The Kier molecular flexibility index (Phi) is 5.43. The number of hydrogen-bond donors (Lipinski definition) is 1. The molecule has 5 nitrogen and oxygen atoms in total. The molecule has 1 N–H and O–H groups in total. The minimum atomic E-state index is -0.0808. The zero-order valence-electron chi connectivity index (χ0n) is 15.2. The summed E-state index contributed by atoms with van der Waals surface area (Å²) in [4.78, 5) is 21.3. The number of aliphatic hydroxyl groups excluding tert-OH is 1. The first kappa shape index (κ1) is 18.4. The van der Waals surface area contributed by atoms with Gasteiger partial charge in [-0.05, 0) is 47.7 Å². The third-order valence-electron chi connectivity index (χ3n) is 5.76. The summed E-state index contributed by atoms with van der Waals surface area (Å²) >= 11 is 6.10. The standard InChI is InChI=1S/C21H24ClN3O2/c22-19-3-1-2-16(12-19)20(14-26)24-6-8-25(9-7-24)21(27)17-10-15-4-5-23-13-18(15)11-17/h1-5,12-13,17,20,26H,6-11,14H2. The molecular formula is C21H24ClN3O2. The second-order valence-electron chi connectivity index (χ2n) is 7.36. The molecule has 1 aromatic carbocycles.